The monoisotopic (exact) mass is 768 g/mol. The first-order chi connectivity index (χ1) is 25.5. The number of fused-ring (bicyclic) bond motifs is 20. The van der Waals surface area contributed by atoms with E-state index in [0.29, 0.717) is 45.9 Å². The van der Waals surface area contributed by atoms with E-state index in [2.05, 4.69) is 123 Å². The first-order valence-electron chi connectivity index (χ1n) is 18.3. The van der Waals surface area contributed by atoms with E-state index in [9.17, 15) is 0 Å². The maximum atomic E-state index is 5.88. The van der Waals surface area contributed by atoms with Crippen molar-refractivity contribution in [3.63, 3.8) is 0 Å². The summed E-state index contributed by atoms with van der Waals surface area (Å²) in [5, 5.41) is 3.52. The molecule has 0 fully saturated rings. The van der Waals surface area contributed by atoms with Crippen molar-refractivity contribution in [1.82, 2.24) is 39.9 Å². The second-order valence-corrected chi connectivity index (χ2v) is 17.4. The van der Waals surface area contributed by atoms with Crippen LogP contribution in [0.4, 0.5) is 0 Å². The Morgan fingerprint density at radius 2 is 0.782 bits per heavy atom. The zero-order valence-corrected chi connectivity index (χ0v) is 35.8. The summed E-state index contributed by atoms with van der Waals surface area (Å²) in [6, 6.07) is 25.0. The number of hydrogen-bond acceptors (Lipinski definition) is 6. The molecule has 4 aromatic carbocycles. The molecule has 2 aliphatic heterocycles. The fourth-order valence-electron chi connectivity index (χ4n) is 7.15. The van der Waals surface area contributed by atoms with E-state index in [1.54, 1.807) is 0 Å². The first-order valence-corrected chi connectivity index (χ1v) is 18.3. The van der Waals surface area contributed by atoms with Crippen molar-refractivity contribution in [3.05, 3.63) is 95.1 Å². The van der Waals surface area contributed by atoms with Crippen molar-refractivity contribution < 1.29 is 19.5 Å². The van der Waals surface area contributed by atoms with Crippen LogP contribution in [0.2, 0.25) is 0 Å². The van der Waals surface area contributed by atoms with Crippen LogP contribution >= 0.6 is 0 Å². The van der Waals surface area contributed by atoms with E-state index in [-0.39, 0.29) is 35.7 Å². The first kappa shape index (κ1) is 36.4. The number of benzene rings is 4. The van der Waals surface area contributed by atoms with Crippen molar-refractivity contribution in [2.75, 3.05) is 0 Å². The van der Waals surface area contributed by atoms with Crippen molar-refractivity contribution in [2.24, 2.45) is 0 Å². The van der Waals surface area contributed by atoms with Gasteiger partial charge >= 0.3 is 19.5 Å². The maximum absolute atomic E-state index is 5.88. The molecule has 0 saturated heterocycles. The zero-order valence-electron chi connectivity index (χ0n) is 32.8. The standard InChI is InChI=1S/C46H40N8.Zn/c1-11-24-12-16-28-32(20-24)40-47-36(28)49-41-34-22-26(45(5,6)7)14-18-30(34)38(51-41)53-43-35-23-27(46(8,9)10)15-19-31(35)39(54-43)52-42-33-21-25(44(2,3)4)13-17-29(33)37(48-40)50-42;/h1,12-23H,2-10H3;/q-2;+2. The fraction of sp³-hybridized carbons (Fsp3) is 0.261. The van der Waals surface area contributed by atoms with Gasteiger partial charge in [0.15, 0.2) is 0 Å². The summed E-state index contributed by atoms with van der Waals surface area (Å²) in [5.41, 5.74) is 9.45. The van der Waals surface area contributed by atoms with Crippen LogP contribution in [0.3, 0.4) is 0 Å². The summed E-state index contributed by atoms with van der Waals surface area (Å²) in [6.45, 7) is 19.8. The van der Waals surface area contributed by atoms with Crippen LogP contribution in [0, 0.1) is 12.3 Å². The molecule has 5 heterocycles. The third-order valence-electron chi connectivity index (χ3n) is 10.5. The largest absolute Gasteiger partial charge is 2.00 e. The van der Waals surface area contributed by atoms with Gasteiger partial charge in [0.05, 0.1) is 23.3 Å². The van der Waals surface area contributed by atoms with Crippen LogP contribution in [0.25, 0.3) is 89.7 Å². The Hall–Kier alpha value is -5.58. The smallest absolute Gasteiger partial charge is 0.357 e. The Balaban J connectivity index is 0.00000427. The summed E-state index contributed by atoms with van der Waals surface area (Å²) < 4.78 is 0. The molecule has 0 saturated carbocycles. The molecule has 2 aliphatic rings. The number of terminal acetylenes is 1. The molecular weight excluding hydrogens is 730 g/mol. The summed E-state index contributed by atoms with van der Waals surface area (Å²) in [5.74, 6) is 4.82. The summed E-state index contributed by atoms with van der Waals surface area (Å²) in [7, 11) is 0. The van der Waals surface area contributed by atoms with Gasteiger partial charge in [0.1, 0.15) is 0 Å². The van der Waals surface area contributed by atoms with Crippen molar-refractivity contribution >= 4 is 44.1 Å². The minimum atomic E-state index is -0.0942. The van der Waals surface area contributed by atoms with Crippen LogP contribution < -0.4 is 9.97 Å². The second-order valence-electron chi connectivity index (χ2n) is 17.4. The molecule has 55 heavy (non-hydrogen) atoms. The molecular formula is C46H40N8Zn. The van der Waals surface area contributed by atoms with Gasteiger partial charge in [-0.2, -0.15) is 0 Å². The van der Waals surface area contributed by atoms with Crippen LogP contribution in [-0.4, -0.2) is 29.9 Å². The summed E-state index contributed by atoms with van der Waals surface area (Å²) in [4.78, 5) is 41.0. The SMILES string of the molecule is C#Cc1ccc2c(c1)-c1nc-2nc2[n-]c(nc3nc(nc4[n-]c(n1)c1ccc(C(C)(C)C)cc41)-c1ccc(C(C)(C)C)cc1-3)c1ccc(C(C)(C)C)cc21.[Zn+2]. The molecule has 7 aromatic rings. The number of rotatable bonds is 0. The molecule has 0 N–H and O–H groups in total. The minimum Gasteiger partial charge on any atom is -0.357 e. The third kappa shape index (κ3) is 6.14. The molecule has 0 spiro atoms. The fourth-order valence-corrected chi connectivity index (χ4v) is 7.15. The molecule has 0 atom stereocenters. The molecule has 0 amide bonds. The molecule has 0 radical (unpaired) electrons. The van der Waals surface area contributed by atoms with Crippen LogP contribution in [-0.2, 0) is 35.7 Å². The number of hydrogen-bond donors (Lipinski definition) is 0. The number of nitrogens with zero attached hydrogens (tertiary/aromatic N) is 8. The van der Waals surface area contributed by atoms with Gasteiger partial charge in [0.2, 0.25) is 0 Å². The van der Waals surface area contributed by atoms with Crippen LogP contribution in [0.1, 0.15) is 84.6 Å². The van der Waals surface area contributed by atoms with E-state index in [1.165, 1.54) is 5.56 Å². The molecule has 9 heteroatoms. The molecule has 0 aliphatic carbocycles. The average Bonchev–Trinajstić information content (AvgIpc) is 3.84. The van der Waals surface area contributed by atoms with Crippen molar-refractivity contribution in [1.29, 1.82) is 0 Å². The van der Waals surface area contributed by atoms with Gasteiger partial charge in [-0.15, -0.1) is 6.42 Å². The van der Waals surface area contributed by atoms with Crippen LogP contribution in [0.15, 0.2) is 72.8 Å². The predicted octanol–water partition coefficient (Wildman–Crippen LogP) is 10.00. The Morgan fingerprint density at radius 3 is 1.22 bits per heavy atom. The molecule has 8 bridgehead atoms. The van der Waals surface area contributed by atoms with Crippen molar-refractivity contribution in [2.45, 2.75) is 78.6 Å². The van der Waals surface area contributed by atoms with E-state index in [1.807, 2.05) is 18.2 Å². The molecule has 9 rings (SSSR count). The quantitative estimate of drug-likeness (QED) is 0.111. The van der Waals surface area contributed by atoms with Gasteiger partial charge in [-0.1, -0.05) is 111 Å². The predicted molar refractivity (Wildman–Crippen MR) is 218 cm³/mol. The average molecular weight is 770 g/mol. The molecule has 266 valence electrons. The third-order valence-corrected chi connectivity index (χ3v) is 10.5. The molecule has 0 unspecified atom stereocenters. The van der Waals surface area contributed by atoms with Gasteiger partial charge < -0.3 is 29.9 Å². The molecule has 8 nitrogen and oxygen atoms in total. The Bertz CT molecular complexity index is 2940. The topological polar surface area (TPSA) is 106 Å². The van der Waals surface area contributed by atoms with Gasteiger partial charge in [-0.25, -0.2) is 9.97 Å². The molecule has 3 aromatic heterocycles. The Labute approximate surface area is 333 Å². The maximum Gasteiger partial charge on any atom is 2.00 e. The van der Waals surface area contributed by atoms with E-state index >= 15 is 0 Å². The van der Waals surface area contributed by atoms with Gasteiger partial charge in [0, 0.05) is 50.4 Å². The summed E-state index contributed by atoms with van der Waals surface area (Å²) in [6.07, 6.45) is 5.88. The van der Waals surface area contributed by atoms with E-state index in [0.717, 1.165) is 60.5 Å². The van der Waals surface area contributed by atoms with Crippen LogP contribution in [0.5, 0.6) is 0 Å². The second kappa shape index (κ2) is 12.5. The van der Waals surface area contributed by atoms with E-state index < -0.39 is 0 Å². The van der Waals surface area contributed by atoms with Gasteiger partial charge in [-0.3, -0.25) is 0 Å². The minimum absolute atomic E-state index is 0. The van der Waals surface area contributed by atoms with Crippen molar-refractivity contribution in [3.8, 4) is 57.9 Å². The van der Waals surface area contributed by atoms with Gasteiger partial charge in [0.25, 0.3) is 0 Å². The summed E-state index contributed by atoms with van der Waals surface area (Å²) >= 11 is 0. The normalized spacial score (nSPS) is 12.7. The number of aromatic nitrogens is 8. The van der Waals surface area contributed by atoms with Gasteiger partial charge in [-0.05, 0) is 84.8 Å². The Kier molecular flexibility index (Phi) is 8.26. The zero-order chi connectivity index (χ0) is 37.9. The van der Waals surface area contributed by atoms with E-state index in [4.69, 9.17) is 46.3 Å². The Morgan fingerprint density at radius 1 is 0.418 bits per heavy atom.